The molecule has 2 saturated heterocycles. The largest absolute Gasteiger partial charge is 0.395 e. The molecule has 32 heavy (non-hydrogen) atoms. The van der Waals surface area contributed by atoms with Crippen LogP contribution in [0.2, 0.25) is 0 Å². The zero-order valence-electron chi connectivity index (χ0n) is 21.3. The SMILES string of the molecule is CC.CC(C)C.CN1CCCN(c2ccc(N3CCOCC3)cc2)CC1.O=CNCCO. The highest BCUT2D eigenvalue weighted by Crippen LogP contribution is 2.22. The van der Waals surface area contributed by atoms with Crippen molar-refractivity contribution < 1.29 is 14.6 Å². The van der Waals surface area contributed by atoms with Gasteiger partial charge in [0.2, 0.25) is 6.41 Å². The van der Waals surface area contributed by atoms with E-state index in [1.54, 1.807) is 0 Å². The van der Waals surface area contributed by atoms with E-state index in [2.05, 4.69) is 72.1 Å². The number of hydrogen-bond donors (Lipinski definition) is 2. The molecule has 0 aromatic heterocycles. The molecule has 0 aliphatic carbocycles. The lowest BCUT2D eigenvalue weighted by atomic mass is 10.2. The quantitative estimate of drug-likeness (QED) is 0.529. The van der Waals surface area contributed by atoms with E-state index in [0.29, 0.717) is 13.0 Å². The van der Waals surface area contributed by atoms with Crippen LogP contribution in [0, 0.1) is 5.92 Å². The summed E-state index contributed by atoms with van der Waals surface area (Å²) in [5.74, 6) is 0.833. The van der Waals surface area contributed by atoms with Crippen LogP contribution in [0.4, 0.5) is 11.4 Å². The van der Waals surface area contributed by atoms with Gasteiger partial charge in [0.25, 0.3) is 0 Å². The van der Waals surface area contributed by atoms with Crippen LogP contribution in [0.1, 0.15) is 41.0 Å². The molecule has 1 aromatic carbocycles. The maximum Gasteiger partial charge on any atom is 0.207 e. The number of carbonyl (C=O) groups excluding carboxylic acids is 1. The van der Waals surface area contributed by atoms with Crippen molar-refractivity contribution in [2.75, 3.05) is 82.5 Å². The van der Waals surface area contributed by atoms with Gasteiger partial charge in [0.15, 0.2) is 0 Å². The van der Waals surface area contributed by atoms with E-state index >= 15 is 0 Å². The Hall–Kier alpha value is -1.83. The maximum absolute atomic E-state index is 9.34. The Morgan fingerprint density at radius 3 is 1.88 bits per heavy atom. The summed E-state index contributed by atoms with van der Waals surface area (Å²) in [4.78, 5) is 16.7. The molecule has 2 fully saturated rings. The number of benzene rings is 1. The normalized spacial score (nSPS) is 16.4. The van der Waals surface area contributed by atoms with Crippen LogP contribution in [0.5, 0.6) is 0 Å². The first kappa shape index (κ1) is 30.2. The molecule has 0 saturated carbocycles. The second kappa shape index (κ2) is 19.8. The number of nitrogens with one attached hydrogen (secondary N) is 1. The first-order chi connectivity index (χ1) is 15.5. The van der Waals surface area contributed by atoms with Crippen molar-refractivity contribution >= 4 is 17.8 Å². The van der Waals surface area contributed by atoms with E-state index < -0.39 is 0 Å². The number of morpholine rings is 1. The van der Waals surface area contributed by atoms with Gasteiger partial charge < -0.3 is 29.9 Å². The highest BCUT2D eigenvalue weighted by Gasteiger charge is 2.14. The molecule has 1 aromatic rings. The second-order valence-electron chi connectivity index (χ2n) is 8.29. The molecule has 0 spiro atoms. The molecule has 186 valence electrons. The van der Waals surface area contributed by atoms with Crippen LogP contribution < -0.4 is 15.1 Å². The van der Waals surface area contributed by atoms with Gasteiger partial charge in [-0.25, -0.2) is 0 Å². The third kappa shape index (κ3) is 14.3. The summed E-state index contributed by atoms with van der Waals surface area (Å²) in [7, 11) is 2.21. The fourth-order valence-electron chi connectivity index (χ4n) is 3.12. The molecule has 2 aliphatic rings. The fourth-order valence-corrected chi connectivity index (χ4v) is 3.12. The molecule has 2 heterocycles. The highest BCUT2D eigenvalue weighted by molar-refractivity contribution is 5.56. The van der Waals surface area contributed by atoms with Gasteiger partial charge in [-0.15, -0.1) is 0 Å². The second-order valence-corrected chi connectivity index (χ2v) is 8.29. The number of anilines is 2. The number of likely N-dealkylation sites (N-methyl/N-ethyl adjacent to an activating group) is 1. The molecule has 1 amide bonds. The van der Waals surface area contributed by atoms with Crippen LogP contribution >= 0.6 is 0 Å². The number of nitrogens with zero attached hydrogens (tertiary/aromatic N) is 3. The number of amides is 1. The van der Waals surface area contributed by atoms with Gasteiger partial charge in [0, 0.05) is 50.6 Å². The Labute approximate surface area is 196 Å². The Morgan fingerprint density at radius 2 is 1.44 bits per heavy atom. The zero-order chi connectivity index (χ0) is 24.2. The summed E-state index contributed by atoms with van der Waals surface area (Å²) in [5, 5.41) is 10.2. The molecule has 7 heteroatoms. The van der Waals surface area contributed by atoms with Crippen molar-refractivity contribution in [1.82, 2.24) is 10.2 Å². The lowest BCUT2D eigenvalue weighted by molar-refractivity contribution is -0.109. The fraction of sp³-hybridized carbons (Fsp3) is 0.720. The number of ether oxygens (including phenoxy) is 1. The van der Waals surface area contributed by atoms with Crippen molar-refractivity contribution in [3.63, 3.8) is 0 Å². The van der Waals surface area contributed by atoms with Crippen LogP contribution in [0.3, 0.4) is 0 Å². The number of rotatable bonds is 5. The first-order valence-electron chi connectivity index (χ1n) is 12.1. The molecule has 2 N–H and O–H groups in total. The van der Waals surface area contributed by atoms with E-state index in [1.807, 2.05) is 13.8 Å². The molecule has 0 bridgehead atoms. The summed E-state index contributed by atoms with van der Waals surface area (Å²) in [6, 6.07) is 9.07. The Bertz CT molecular complexity index is 546. The predicted molar refractivity (Wildman–Crippen MR) is 137 cm³/mol. The minimum Gasteiger partial charge on any atom is -0.395 e. The molecule has 2 aliphatic heterocycles. The third-order valence-electron chi connectivity index (χ3n) is 4.65. The topological polar surface area (TPSA) is 68.3 Å². The average molecular weight is 453 g/mol. The Balaban J connectivity index is 0.000000671. The monoisotopic (exact) mass is 452 g/mol. The van der Waals surface area contributed by atoms with E-state index in [9.17, 15) is 4.79 Å². The summed E-state index contributed by atoms with van der Waals surface area (Å²) in [5.41, 5.74) is 2.68. The molecular weight excluding hydrogens is 404 g/mol. The predicted octanol–water partition coefficient (Wildman–Crippen LogP) is 3.08. The zero-order valence-corrected chi connectivity index (χ0v) is 21.3. The van der Waals surface area contributed by atoms with E-state index in [-0.39, 0.29) is 6.61 Å². The van der Waals surface area contributed by atoms with Crippen molar-refractivity contribution in [3.8, 4) is 0 Å². The molecule has 3 rings (SSSR count). The molecule has 0 unspecified atom stereocenters. The summed E-state index contributed by atoms with van der Waals surface area (Å²) in [6.07, 6.45) is 1.80. The van der Waals surface area contributed by atoms with E-state index in [4.69, 9.17) is 9.84 Å². The van der Waals surface area contributed by atoms with Gasteiger partial charge in [-0.05, 0) is 50.2 Å². The van der Waals surface area contributed by atoms with Crippen LogP contribution in [-0.4, -0.2) is 89.1 Å². The minimum absolute atomic E-state index is 0.0126. The summed E-state index contributed by atoms with van der Waals surface area (Å²) >= 11 is 0. The third-order valence-corrected chi connectivity index (χ3v) is 4.65. The number of hydrogen-bond acceptors (Lipinski definition) is 6. The molecule has 0 radical (unpaired) electrons. The number of aliphatic hydroxyl groups excluding tert-OH is 1. The standard InChI is InChI=1S/C16H25N3O.C4H10.C3H7NO2.C2H6/c1-17-7-2-8-18(10-9-17)15-3-5-16(6-4-15)19-11-13-20-14-12-19;1-4(2)3;5-2-1-4-3-6;1-2/h3-6H,2,7-14H2,1H3;4H,1-3H3;3,5H,1-2H2,(H,4,6);1-2H3. The number of carbonyl (C=O) groups is 1. The van der Waals surface area contributed by atoms with Crippen molar-refractivity contribution in [3.05, 3.63) is 24.3 Å². The molecule has 0 atom stereocenters. The lowest BCUT2D eigenvalue weighted by Gasteiger charge is -2.29. The van der Waals surface area contributed by atoms with Crippen LogP contribution in [0.15, 0.2) is 24.3 Å². The van der Waals surface area contributed by atoms with E-state index in [0.717, 1.165) is 45.3 Å². The smallest absolute Gasteiger partial charge is 0.207 e. The van der Waals surface area contributed by atoms with Crippen molar-refractivity contribution in [2.24, 2.45) is 5.92 Å². The molecule has 7 nitrogen and oxygen atoms in total. The van der Waals surface area contributed by atoms with Gasteiger partial charge in [-0.1, -0.05) is 34.6 Å². The average Bonchev–Trinajstić information content (AvgIpc) is 3.04. The van der Waals surface area contributed by atoms with Gasteiger partial charge in [-0.3, -0.25) is 4.79 Å². The number of aliphatic hydroxyl groups is 1. The van der Waals surface area contributed by atoms with Gasteiger partial charge in [-0.2, -0.15) is 0 Å². The summed E-state index contributed by atoms with van der Waals surface area (Å²) in [6.45, 7) is 19.2. The highest BCUT2D eigenvalue weighted by atomic mass is 16.5. The van der Waals surface area contributed by atoms with Crippen molar-refractivity contribution in [1.29, 1.82) is 0 Å². The first-order valence-corrected chi connectivity index (χ1v) is 12.1. The molecular formula is C25H48N4O3. The lowest BCUT2D eigenvalue weighted by Crippen LogP contribution is -2.36. The Morgan fingerprint density at radius 1 is 0.938 bits per heavy atom. The minimum atomic E-state index is 0.0126. The van der Waals surface area contributed by atoms with Gasteiger partial charge >= 0.3 is 0 Å². The van der Waals surface area contributed by atoms with E-state index in [1.165, 1.54) is 30.9 Å². The Kier molecular flexibility index (Phi) is 18.7. The summed E-state index contributed by atoms with van der Waals surface area (Å²) < 4.78 is 5.41. The van der Waals surface area contributed by atoms with Crippen LogP contribution in [-0.2, 0) is 9.53 Å². The maximum atomic E-state index is 9.34. The van der Waals surface area contributed by atoms with Gasteiger partial charge in [0.1, 0.15) is 0 Å². The van der Waals surface area contributed by atoms with Gasteiger partial charge in [0.05, 0.1) is 19.8 Å². The van der Waals surface area contributed by atoms with Crippen molar-refractivity contribution in [2.45, 2.75) is 41.0 Å². The van der Waals surface area contributed by atoms with Crippen LogP contribution in [0.25, 0.3) is 0 Å².